The minimum Gasteiger partial charge on any atom is -1.00 e. The minimum atomic E-state index is -0.867. The molecule has 2 aliphatic carbocycles. The van der Waals surface area contributed by atoms with Crippen molar-refractivity contribution in [1.82, 2.24) is 0 Å². The maximum Gasteiger partial charge on any atom is 4.00 e. The van der Waals surface area contributed by atoms with Gasteiger partial charge in [-0.15, -0.1) is 12.8 Å². The molecule has 4 heteroatoms. The van der Waals surface area contributed by atoms with Gasteiger partial charge in [0, 0.05) is 0 Å². The third-order valence-corrected chi connectivity index (χ3v) is 9.67. The zero-order chi connectivity index (χ0) is 12.0. The van der Waals surface area contributed by atoms with E-state index in [9.17, 15) is 0 Å². The first-order valence-corrected chi connectivity index (χ1v) is 9.49. The Balaban J connectivity index is 0. The van der Waals surface area contributed by atoms with Crippen LogP contribution in [0.3, 0.4) is 0 Å². The van der Waals surface area contributed by atoms with Crippen molar-refractivity contribution in [3.63, 3.8) is 0 Å². The molecular weight excluding hydrogens is 382 g/mol. The fraction of sp³-hybridized carbons (Fsp3) is 0.500. The number of hydrogen-bond donors (Lipinski definition) is 0. The molecule has 1 saturated heterocycles. The summed E-state index contributed by atoms with van der Waals surface area (Å²) in [7, 11) is -0.867. The zero-order valence-electron chi connectivity index (χ0n) is 12.1. The summed E-state index contributed by atoms with van der Waals surface area (Å²) >= 11 is 0. The van der Waals surface area contributed by atoms with Gasteiger partial charge in [-0.3, -0.25) is 12.2 Å². The van der Waals surface area contributed by atoms with Gasteiger partial charge in [-0.05, 0) is 0 Å². The Hall–Kier alpha value is 0.640. The molecule has 0 unspecified atom stereocenters. The van der Waals surface area contributed by atoms with Crippen molar-refractivity contribution in [3.05, 3.63) is 47.7 Å². The molecule has 108 valence electrons. The largest absolute Gasteiger partial charge is 4.00 e. The van der Waals surface area contributed by atoms with Crippen molar-refractivity contribution in [1.29, 1.82) is 0 Å². The van der Waals surface area contributed by atoms with Gasteiger partial charge in [0.25, 0.3) is 0 Å². The predicted octanol–water partition coefficient (Wildman–Crippen LogP) is -1.21. The van der Waals surface area contributed by atoms with Gasteiger partial charge in [0.15, 0.2) is 0 Å². The van der Waals surface area contributed by atoms with E-state index in [1.54, 1.807) is 17.3 Å². The van der Waals surface area contributed by atoms with Crippen LogP contribution in [0.4, 0.5) is 0 Å². The van der Waals surface area contributed by atoms with Gasteiger partial charge >= 0.3 is 26.2 Å². The average Bonchev–Trinajstić information content (AvgIpc) is 2.97. The van der Waals surface area contributed by atoms with E-state index in [0.29, 0.717) is 0 Å². The maximum absolute atomic E-state index is 3.48. The Morgan fingerprint density at radius 3 is 2.25 bits per heavy atom. The molecule has 1 aliphatic heterocycles. The van der Waals surface area contributed by atoms with Crippen molar-refractivity contribution >= 4 is 8.07 Å². The number of allylic oxidation sites excluding steroid dienone is 8. The molecule has 0 atom stereocenters. The molecule has 0 spiro atoms. The Morgan fingerprint density at radius 1 is 1.20 bits per heavy atom. The van der Waals surface area contributed by atoms with Crippen molar-refractivity contribution in [2.45, 2.75) is 50.7 Å². The molecule has 0 amide bonds. The molecule has 0 saturated carbocycles. The van der Waals surface area contributed by atoms with Crippen LogP contribution >= 0.6 is 0 Å². The predicted molar refractivity (Wildman–Crippen MR) is 77.2 cm³/mol. The Labute approximate surface area is 156 Å². The summed E-state index contributed by atoms with van der Waals surface area (Å²) < 4.78 is 0. The minimum absolute atomic E-state index is 0. The monoisotopic (exact) mass is 402 g/mol. The fourth-order valence-corrected chi connectivity index (χ4v) is 7.40. The molecule has 20 heavy (non-hydrogen) atoms. The van der Waals surface area contributed by atoms with Gasteiger partial charge in [-0.1, -0.05) is 37.9 Å². The van der Waals surface area contributed by atoms with E-state index < -0.39 is 8.07 Å². The van der Waals surface area contributed by atoms with Crippen molar-refractivity contribution in [2.75, 3.05) is 0 Å². The molecule has 3 rings (SSSR count). The first-order valence-electron chi connectivity index (χ1n) is 6.87. The summed E-state index contributed by atoms with van der Waals surface area (Å²) in [6.07, 6.45) is 22.0. The molecule has 0 N–H and O–H groups in total. The van der Waals surface area contributed by atoms with Crippen molar-refractivity contribution in [2.24, 2.45) is 0 Å². The Kier molecular flexibility index (Phi) is 14.0. The molecule has 0 aromatic heterocycles. The third kappa shape index (κ3) is 6.18. The molecule has 3 aliphatic rings. The zero-order valence-corrected chi connectivity index (χ0v) is 17.1. The first-order chi connectivity index (χ1) is 8.37. The van der Waals surface area contributed by atoms with E-state index in [4.69, 9.17) is 0 Å². The molecule has 0 aromatic carbocycles. The standard InChI is InChI=1S/C11H17Si.C5H5.2ClH.Zr/c1-2-8-12(9-5-10-12)11-6-3-4-7-11;1-2-4-5-3-1;;;/h3-4H,2,5-6,8-10H2,1H3;1-3H,4H2;2*1H;/q2*-1;;;+4/p-2. The average molecular weight is 405 g/mol. The Morgan fingerprint density at radius 2 is 1.95 bits per heavy atom. The SMILES string of the molecule is CCC[Si]1(C2=[C-]C=CC2)CCC1.[C-]1=CC=CC1.[Cl-].[Cl-].[Zr+4]. The number of hydrogen-bond acceptors (Lipinski definition) is 0. The first kappa shape index (κ1) is 22.9. The van der Waals surface area contributed by atoms with Crippen molar-refractivity contribution in [3.8, 4) is 0 Å². The molecule has 0 nitrogen and oxygen atoms in total. The van der Waals surface area contributed by atoms with Gasteiger partial charge in [0.2, 0.25) is 0 Å². The van der Waals surface area contributed by atoms with Crippen LogP contribution in [0.5, 0.6) is 0 Å². The smallest absolute Gasteiger partial charge is 1.00 e. The molecule has 0 bridgehead atoms. The maximum atomic E-state index is 3.48. The summed E-state index contributed by atoms with van der Waals surface area (Å²) in [5.41, 5.74) is 0. The summed E-state index contributed by atoms with van der Waals surface area (Å²) in [6.45, 7) is 2.33. The van der Waals surface area contributed by atoms with Crippen LogP contribution in [0.2, 0.25) is 18.1 Å². The van der Waals surface area contributed by atoms with E-state index in [1.807, 2.05) is 12.2 Å². The molecule has 1 heterocycles. The molecule has 0 radical (unpaired) electrons. The quantitative estimate of drug-likeness (QED) is 0.409. The summed E-state index contributed by atoms with van der Waals surface area (Å²) in [4.78, 5) is 0. The van der Waals surface area contributed by atoms with Crippen LogP contribution < -0.4 is 24.8 Å². The van der Waals surface area contributed by atoms with Crippen molar-refractivity contribution < 1.29 is 51.0 Å². The second-order valence-electron chi connectivity index (χ2n) is 5.12. The summed E-state index contributed by atoms with van der Waals surface area (Å²) in [5, 5.41) is 1.73. The van der Waals surface area contributed by atoms with Gasteiger partial charge in [-0.25, -0.2) is 24.3 Å². The van der Waals surface area contributed by atoms with Gasteiger partial charge < -0.3 is 24.8 Å². The van der Waals surface area contributed by atoms with Crippen LogP contribution in [0.1, 0.15) is 32.6 Å². The Bertz CT molecular complexity index is 359. The topological polar surface area (TPSA) is 0 Å². The second kappa shape index (κ2) is 12.2. The van der Waals surface area contributed by atoms with Crippen LogP contribution in [-0.4, -0.2) is 8.07 Å². The van der Waals surface area contributed by atoms with Gasteiger partial charge in [0.05, 0.1) is 8.07 Å². The van der Waals surface area contributed by atoms with Gasteiger partial charge in [-0.2, -0.15) is 11.3 Å². The second-order valence-corrected chi connectivity index (χ2v) is 9.78. The van der Waals surface area contributed by atoms with Crippen LogP contribution in [0, 0.1) is 12.2 Å². The summed E-state index contributed by atoms with van der Waals surface area (Å²) in [6, 6.07) is 4.65. The van der Waals surface area contributed by atoms with Gasteiger partial charge in [0.1, 0.15) is 0 Å². The number of rotatable bonds is 3. The van der Waals surface area contributed by atoms with E-state index in [0.717, 1.165) is 6.42 Å². The van der Waals surface area contributed by atoms with E-state index >= 15 is 0 Å². The molecular formula is C16H22Cl2SiZr. The van der Waals surface area contributed by atoms with Crippen LogP contribution in [0.15, 0.2) is 35.6 Å². The molecule has 0 aromatic rings. The number of halogens is 2. The normalized spacial score (nSPS) is 19.6. The van der Waals surface area contributed by atoms with E-state index in [2.05, 4.69) is 37.3 Å². The summed E-state index contributed by atoms with van der Waals surface area (Å²) in [5.74, 6) is 0. The molecule has 1 fully saturated rings. The third-order valence-electron chi connectivity index (χ3n) is 3.96. The fourth-order valence-electron chi connectivity index (χ4n) is 2.89. The van der Waals surface area contributed by atoms with Crippen LogP contribution in [0.25, 0.3) is 0 Å². The van der Waals surface area contributed by atoms with Crippen LogP contribution in [-0.2, 0) is 26.2 Å². The van der Waals surface area contributed by atoms with E-state index in [-0.39, 0.29) is 51.0 Å². The van der Waals surface area contributed by atoms with E-state index in [1.165, 1.54) is 25.3 Å².